The van der Waals surface area contributed by atoms with Gasteiger partial charge in [-0.3, -0.25) is 4.79 Å². The van der Waals surface area contributed by atoms with E-state index in [0.29, 0.717) is 27.9 Å². The quantitative estimate of drug-likeness (QED) is 0.708. The van der Waals surface area contributed by atoms with Crippen molar-refractivity contribution < 1.29 is 18.7 Å². The number of para-hydroxylation sites is 1. The molecule has 0 bridgehead atoms. The maximum Gasteiger partial charge on any atom is 0.263 e. The van der Waals surface area contributed by atoms with Crippen LogP contribution in [0.3, 0.4) is 0 Å². The van der Waals surface area contributed by atoms with Crippen molar-refractivity contribution in [2.24, 2.45) is 0 Å². The molecule has 0 fully saturated rings. The van der Waals surface area contributed by atoms with Gasteiger partial charge in [0.1, 0.15) is 40.4 Å². The van der Waals surface area contributed by atoms with E-state index in [1.54, 1.807) is 19.1 Å². The minimum absolute atomic E-state index is 0.0807. The lowest BCUT2D eigenvalue weighted by Gasteiger charge is -2.25. The van der Waals surface area contributed by atoms with E-state index in [4.69, 9.17) is 9.47 Å². The fraction of sp³-hybridized carbons (Fsp3) is 0.238. The summed E-state index contributed by atoms with van der Waals surface area (Å²) in [6, 6.07) is 13.6. The number of hydrogen-bond acceptors (Lipinski definition) is 5. The average molecular weight is 398 g/mol. The van der Waals surface area contributed by atoms with Crippen molar-refractivity contribution in [1.29, 1.82) is 0 Å². The van der Waals surface area contributed by atoms with Crippen LogP contribution >= 0.6 is 11.3 Å². The summed E-state index contributed by atoms with van der Waals surface area (Å²) in [7, 11) is 0. The molecule has 1 aromatic heterocycles. The summed E-state index contributed by atoms with van der Waals surface area (Å²) in [5, 5.41) is 3.73. The van der Waals surface area contributed by atoms with Crippen LogP contribution in [0.25, 0.3) is 0 Å². The Balaban J connectivity index is 1.38. The van der Waals surface area contributed by atoms with E-state index in [0.717, 1.165) is 17.7 Å². The predicted molar refractivity (Wildman–Crippen MR) is 104 cm³/mol. The fourth-order valence-corrected chi connectivity index (χ4v) is 3.95. The molecule has 0 saturated heterocycles. The van der Waals surface area contributed by atoms with Gasteiger partial charge in [-0.1, -0.05) is 18.2 Å². The standard InChI is InChI=1S/C21H19FN2O3S/c1-13-20(28-19(23-13)12-26-17-8-6-15(22)7-9-17)21(25)24-16-10-14-4-2-3-5-18(14)27-11-16/h2-9,16H,10-12H2,1H3,(H,24,25)/t16-/m1/s1. The predicted octanol–water partition coefficient (Wildman–Crippen LogP) is 3.90. The maximum atomic E-state index is 13.0. The zero-order valence-electron chi connectivity index (χ0n) is 15.3. The highest BCUT2D eigenvalue weighted by atomic mass is 32.1. The van der Waals surface area contributed by atoms with E-state index < -0.39 is 0 Å². The number of aromatic nitrogens is 1. The maximum absolute atomic E-state index is 13.0. The lowest BCUT2D eigenvalue weighted by atomic mass is 10.0. The van der Waals surface area contributed by atoms with Gasteiger partial charge in [0.15, 0.2) is 0 Å². The molecule has 2 heterocycles. The first-order valence-corrected chi connectivity index (χ1v) is 9.76. The number of nitrogens with one attached hydrogen (secondary N) is 1. The molecule has 0 radical (unpaired) electrons. The van der Waals surface area contributed by atoms with Crippen molar-refractivity contribution in [3.8, 4) is 11.5 Å². The number of ether oxygens (including phenoxy) is 2. The van der Waals surface area contributed by atoms with Gasteiger partial charge in [-0.25, -0.2) is 9.37 Å². The van der Waals surface area contributed by atoms with Crippen LogP contribution in [0.5, 0.6) is 11.5 Å². The van der Waals surface area contributed by atoms with Crippen molar-refractivity contribution in [3.05, 3.63) is 75.5 Å². The highest BCUT2D eigenvalue weighted by Gasteiger charge is 2.23. The summed E-state index contributed by atoms with van der Waals surface area (Å²) in [5.41, 5.74) is 1.76. The summed E-state index contributed by atoms with van der Waals surface area (Å²) in [6.45, 7) is 2.48. The van der Waals surface area contributed by atoms with Crippen LogP contribution in [0.4, 0.5) is 4.39 Å². The lowest BCUT2D eigenvalue weighted by molar-refractivity contribution is 0.0918. The lowest BCUT2D eigenvalue weighted by Crippen LogP contribution is -2.42. The minimum atomic E-state index is -0.314. The smallest absolute Gasteiger partial charge is 0.263 e. The van der Waals surface area contributed by atoms with E-state index in [2.05, 4.69) is 10.3 Å². The van der Waals surface area contributed by atoms with Crippen LogP contribution in [0.1, 0.15) is 25.9 Å². The number of carbonyl (C=O) groups is 1. The second-order valence-corrected chi connectivity index (χ2v) is 7.64. The monoisotopic (exact) mass is 398 g/mol. The normalized spacial score (nSPS) is 15.4. The van der Waals surface area contributed by atoms with Crippen LogP contribution in [-0.4, -0.2) is 23.5 Å². The third-order valence-electron chi connectivity index (χ3n) is 4.44. The molecule has 7 heteroatoms. The molecule has 144 valence electrons. The van der Waals surface area contributed by atoms with Gasteiger partial charge in [-0.2, -0.15) is 0 Å². The van der Waals surface area contributed by atoms with E-state index in [9.17, 15) is 9.18 Å². The van der Waals surface area contributed by atoms with Crippen molar-refractivity contribution in [2.75, 3.05) is 6.61 Å². The fourth-order valence-electron chi connectivity index (χ4n) is 3.07. The Labute approximate surface area is 166 Å². The number of rotatable bonds is 5. The summed E-state index contributed by atoms with van der Waals surface area (Å²) in [4.78, 5) is 17.7. The van der Waals surface area contributed by atoms with Crippen LogP contribution in [0.15, 0.2) is 48.5 Å². The first-order chi connectivity index (χ1) is 13.6. The number of aryl methyl sites for hydroxylation is 1. The van der Waals surface area contributed by atoms with E-state index in [1.807, 2.05) is 24.3 Å². The van der Waals surface area contributed by atoms with Crippen molar-refractivity contribution in [2.45, 2.75) is 26.0 Å². The molecule has 1 atom stereocenters. The number of fused-ring (bicyclic) bond motifs is 1. The molecule has 28 heavy (non-hydrogen) atoms. The molecule has 2 aromatic carbocycles. The zero-order chi connectivity index (χ0) is 19.5. The number of amides is 1. The van der Waals surface area contributed by atoms with Crippen LogP contribution < -0.4 is 14.8 Å². The summed E-state index contributed by atoms with van der Waals surface area (Å²) in [5.74, 6) is 0.960. The Hall–Kier alpha value is -2.93. The largest absolute Gasteiger partial charge is 0.491 e. The molecule has 1 amide bonds. The molecule has 0 unspecified atom stereocenters. The Kier molecular flexibility index (Phi) is 5.25. The van der Waals surface area contributed by atoms with Crippen molar-refractivity contribution in [3.63, 3.8) is 0 Å². The zero-order valence-corrected chi connectivity index (χ0v) is 16.1. The van der Waals surface area contributed by atoms with E-state index in [-0.39, 0.29) is 24.4 Å². The van der Waals surface area contributed by atoms with Gasteiger partial charge in [0.2, 0.25) is 0 Å². The number of thiazole rings is 1. The third-order valence-corrected chi connectivity index (χ3v) is 5.57. The van der Waals surface area contributed by atoms with Gasteiger partial charge in [0.25, 0.3) is 5.91 Å². The minimum Gasteiger partial charge on any atom is -0.491 e. The molecule has 3 aromatic rings. The SMILES string of the molecule is Cc1nc(COc2ccc(F)cc2)sc1C(=O)N[C@H]1COc2ccccc2C1. The van der Waals surface area contributed by atoms with Crippen LogP contribution in [0.2, 0.25) is 0 Å². The summed E-state index contributed by atoms with van der Waals surface area (Å²) >= 11 is 1.30. The highest BCUT2D eigenvalue weighted by molar-refractivity contribution is 7.13. The third kappa shape index (κ3) is 4.14. The molecule has 1 N–H and O–H groups in total. The van der Waals surface area contributed by atoms with E-state index in [1.165, 1.54) is 23.5 Å². The van der Waals surface area contributed by atoms with Gasteiger partial charge in [0.05, 0.1) is 11.7 Å². The first kappa shape index (κ1) is 18.4. The van der Waals surface area contributed by atoms with Gasteiger partial charge in [0, 0.05) is 0 Å². The van der Waals surface area contributed by atoms with Crippen molar-refractivity contribution in [1.82, 2.24) is 10.3 Å². The molecule has 0 spiro atoms. The molecule has 1 aliphatic rings. The number of carbonyl (C=O) groups excluding carboxylic acids is 1. The van der Waals surface area contributed by atoms with Gasteiger partial charge < -0.3 is 14.8 Å². The number of nitrogens with zero attached hydrogens (tertiary/aromatic N) is 1. The topological polar surface area (TPSA) is 60.5 Å². The Bertz CT molecular complexity index is 988. The van der Waals surface area contributed by atoms with E-state index >= 15 is 0 Å². The van der Waals surface area contributed by atoms with Crippen LogP contribution in [0, 0.1) is 12.7 Å². The molecule has 4 rings (SSSR count). The van der Waals surface area contributed by atoms with Gasteiger partial charge >= 0.3 is 0 Å². The molecular formula is C21H19FN2O3S. The first-order valence-electron chi connectivity index (χ1n) is 8.95. The second kappa shape index (κ2) is 7.98. The Morgan fingerprint density at radius 2 is 2.07 bits per heavy atom. The van der Waals surface area contributed by atoms with Crippen molar-refractivity contribution >= 4 is 17.2 Å². The molecule has 1 aliphatic heterocycles. The number of benzene rings is 2. The second-order valence-electron chi connectivity index (χ2n) is 6.56. The van der Waals surface area contributed by atoms with Gasteiger partial charge in [-0.15, -0.1) is 11.3 Å². The Morgan fingerprint density at radius 1 is 1.29 bits per heavy atom. The molecule has 0 saturated carbocycles. The summed E-state index contributed by atoms with van der Waals surface area (Å²) < 4.78 is 24.3. The molecular weight excluding hydrogens is 379 g/mol. The van der Waals surface area contributed by atoms with Gasteiger partial charge in [-0.05, 0) is 49.2 Å². The summed E-state index contributed by atoms with van der Waals surface area (Å²) in [6.07, 6.45) is 0.736. The van der Waals surface area contributed by atoms with Crippen LogP contribution in [-0.2, 0) is 13.0 Å². The Morgan fingerprint density at radius 3 is 2.89 bits per heavy atom. The number of hydrogen-bond donors (Lipinski definition) is 1. The highest BCUT2D eigenvalue weighted by Crippen LogP contribution is 2.25. The number of halogens is 1. The molecule has 0 aliphatic carbocycles. The average Bonchev–Trinajstić information content (AvgIpc) is 3.08. The molecule has 5 nitrogen and oxygen atoms in total.